The number of piperidine rings is 1. The number of carbonyl (C=O) groups excluding carboxylic acids is 1. The first-order valence-electron chi connectivity index (χ1n) is 10.7. The quantitative estimate of drug-likeness (QED) is 0.638. The van der Waals surface area contributed by atoms with Crippen LogP contribution in [0.4, 0.5) is 0 Å². The molecule has 10 heteroatoms. The van der Waals surface area contributed by atoms with Crippen LogP contribution in [0.25, 0.3) is 0 Å². The van der Waals surface area contributed by atoms with Crippen molar-refractivity contribution in [2.75, 3.05) is 19.7 Å². The van der Waals surface area contributed by atoms with Crippen LogP contribution in [-0.2, 0) is 25.3 Å². The van der Waals surface area contributed by atoms with Crippen molar-refractivity contribution in [2.45, 2.75) is 57.3 Å². The summed E-state index contributed by atoms with van der Waals surface area (Å²) >= 11 is 12.3. The SMILES string of the molecule is CC1(C)OC[C@H](C(=O)N2C[C@@H]3C(C(NS(=O)C(C)(C)C)c4cc(Cl)c(Cl)cc4O)[C@@H]3C2)O1. The fourth-order valence-corrected chi connectivity index (χ4v) is 5.90. The highest BCUT2D eigenvalue weighted by atomic mass is 35.5. The Bertz CT molecular complexity index is 939. The number of phenols is 1. The average molecular weight is 505 g/mol. The predicted molar refractivity (Wildman–Crippen MR) is 124 cm³/mol. The van der Waals surface area contributed by atoms with Gasteiger partial charge < -0.3 is 19.5 Å². The van der Waals surface area contributed by atoms with E-state index in [1.807, 2.05) is 25.7 Å². The maximum Gasteiger partial charge on any atom is 0.254 e. The van der Waals surface area contributed by atoms with Crippen molar-refractivity contribution in [2.24, 2.45) is 17.8 Å². The van der Waals surface area contributed by atoms with Crippen LogP contribution >= 0.6 is 23.2 Å². The molecule has 1 amide bonds. The van der Waals surface area contributed by atoms with Gasteiger partial charge in [-0.1, -0.05) is 23.2 Å². The minimum absolute atomic E-state index is 0.0134. The van der Waals surface area contributed by atoms with E-state index in [0.29, 0.717) is 23.7 Å². The van der Waals surface area contributed by atoms with Crippen molar-refractivity contribution in [3.05, 3.63) is 27.7 Å². The van der Waals surface area contributed by atoms with Gasteiger partial charge in [-0.3, -0.25) is 4.79 Å². The van der Waals surface area contributed by atoms with Gasteiger partial charge in [-0.25, -0.2) is 8.93 Å². The number of likely N-dealkylation sites (tertiary alicyclic amines) is 1. The summed E-state index contributed by atoms with van der Waals surface area (Å²) in [7, 11) is -1.36. The number of fused-ring (bicyclic) bond motifs is 1. The Morgan fingerprint density at radius 3 is 2.38 bits per heavy atom. The zero-order valence-corrected chi connectivity index (χ0v) is 21.2. The van der Waals surface area contributed by atoms with Crippen LogP contribution < -0.4 is 4.72 Å². The summed E-state index contributed by atoms with van der Waals surface area (Å²) in [5, 5.41) is 11.2. The average Bonchev–Trinajstić information content (AvgIpc) is 2.99. The Balaban J connectivity index is 1.51. The molecule has 2 aliphatic heterocycles. The standard InChI is InChI=1S/C22H30Cl2N2O5S/c1-21(2,3)32(29)25-19(11-6-14(23)15(24)7-16(11)27)18-12-8-26(9-13(12)18)20(28)17-10-30-22(4,5)31-17/h6-7,12-13,17-19,25,27H,8-10H2,1-5H3/t12-,13+,17-,18?,19?,32?/m1/s1. The summed E-state index contributed by atoms with van der Waals surface area (Å²) in [6, 6.07) is 2.68. The number of nitrogens with zero attached hydrogens (tertiary/aromatic N) is 1. The van der Waals surface area contributed by atoms with Crippen LogP contribution in [0, 0.1) is 17.8 Å². The minimum Gasteiger partial charge on any atom is -0.508 e. The smallest absolute Gasteiger partial charge is 0.254 e. The number of halogens is 2. The van der Waals surface area contributed by atoms with Gasteiger partial charge in [-0.15, -0.1) is 0 Å². The Morgan fingerprint density at radius 1 is 1.25 bits per heavy atom. The summed E-state index contributed by atoms with van der Waals surface area (Å²) in [4.78, 5) is 14.7. The summed E-state index contributed by atoms with van der Waals surface area (Å²) < 4.78 is 26.9. The van der Waals surface area contributed by atoms with Gasteiger partial charge in [0.2, 0.25) is 0 Å². The molecule has 2 N–H and O–H groups in total. The number of hydrogen-bond acceptors (Lipinski definition) is 5. The van der Waals surface area contributed by atoms with Crippen LogP contribution in [-0.4, -0.2) is 56.5 Å². The summed E-state index contributed by atoms with van der Waals surface area (Å²) in [6.45, 7) is 10.7. The Kier molecular flexibility index (Phi) is 6.36. The number of carbonyl (C=O) groups is 1. The molecular weight excluding hydrogens is 475 g/mol. The van der Waals surface area contributed by atoms with Crippen molar-refractivity contribution in [1.82, 2.24) is 9.62 Å². The van der Waals surface area contributed by atoms with E-state index in [-0.39, 0.29) is 47.1 Å². The largest absolute Gasteiger partial charge is 0.508 e. The van der Waals surface area contributed by atoms with E-state index >= 15 is 0 Å². The Hall–Kier alpha value is -0.900. The van der Waals surface area contributed by atoms with Gasteiger partial charge in [-0.05, 0) is 58.4 Å². The molecule has 7 nitrogen and oxygen atoms in total. The van der Waals surface area contributed by atoms with E-state index in [2.05, 4.69) is 4.72 Å². The highest BCUT2D eigenvalue weighted by Gasteiger charge is 2.61. The van der Waals surface area contributed by atoms with E-state index in [9.17, 15) is 14.1 Å². The molecule has 1 aliphatic carbocycles. The first kappa shape index (κ1) is 24.2. The molecule has 1 aromatic carbocycles. The van der Waals surface area contributed by atoms with Gasteiger partial charge >= 0.3 is 0 Å². The van der Waals surface area contributed by atoms with E-state index in [1.165, 1.54) is 6.07 Å². The number of ether oxygens (including phenoxy) is 2. The molecule has 178 valence electrons. The maximum atomic E-state index is 12.9. The third kappa shape index (κ3) is 4.68. The molecule has 3 unspecified atom stereocenters. The fraction of sp³-hybridized carbons (Fsp3) is 0.682. The Labute approximate surface area is 201 Å². The molecule has 2 saturated heterocycles. The molecule has 3 aliphatic rings. The van der Waals surface area contributed by atoms with Crippen molar-refractivity contribution in [1.29, 1.82) is 0 Å². The highest BCUT2D eigenvalue weighted by molar-refractivity contribution is 7.84. The van der Waals surface area contributed by atoms with Crippen molar-refractivity contribution >= 4 is 40.1 Å². The Morgan fingerprint density at radius 2 is 1.84 bits per heavy atom. The molecule has 6 atom stereocenters. The minimum atomic E-state index is -1.36. The lowest BCUT2D eigenvalue weighted by Crippen LogP contribution is -2.42. The first-order chi connectivity index (χ1) is 14.8. The van der Waals surface area contributed by atoms with Crippen LogP contribution in [0.3, 0.4) is 0 Å². The second-order valence-corrected chi connectivity index (χ2v) is 13.1. The first-order valence-corrected chi connectivity index (χ1v) is 12.7. The monoisotopic (exact) mass is 504 g/mol. The lowest BCUT2D eigenvalue weighted by Gasteiger charge is -2.29. The van der Waals surface area contributed by atoms with Gasteiger partial charge in [0.25, 0.3) is 5.91 Å². The van der Waals surface area contributed by atoms with Gasteiger partial charge in [0.15, 0.2) is 11.9 Å². The van der Waals surface area contributed by atoms with Crippen LogP contribution in [0.1, 0.15) is 46.2 Å². The molecule has 4 rings (SSSR count). The number of aromatic hydroxyl groups is 1. The number of rotatable bonds is 5. The molecule has 0 aromatic heterocycles. The van der Waals surface area contributed by atoms with Crippen LogP contribution in [0.2, 0.25) is 10.0 Å². The number of phenolic OH excluding ortho intramolecular Hbond substituents is 1. The number of benzene rings is 1. The molecular formula is C22H30Cl2N2O5S. The van der Waals surface area contributed by atoms with E-state index in [0.717, 1.165) is 0 Å². The molecule has 0 radical (unpaired) electrons. The van der Waals surface area contributed by atoms with Gasteiger partial charge in [0.1, 0.15) is 5.75 Å². The summed E-state index contributed by atoms with van der Waals surface area (Å²) in [6.07, 6.45) is -0.581. The van der Waals surface area contributed by atoms with Crippen LogP contribution in [0.5, 0.6) is 5.75 Å². The number of amides is 1. The lowest BCUT2D eigenvalue weighted by molar-refractivity contribution is -0.160. The second kappa shape index (κ2) is 8.40. The topological polar surface area (TPSA) is 88.1 Å². The summed E-state index contributed by atoms with van der Waals surface area (Å²) in [5.41, 5.74) is 0.573. The van der Waals surface area contributed by atoms with Crippen LogP contribution in [0.15, 0.2) is 12.1 Å². The van der Waals surface area contributed by atoms with Gasteiger partial charge in [0.05, 0.1) is 38.4 Å². The summed E-state index contributed by atoms with van der Waals surface area (Å²) in [5.74, 6) is -0.204. The molecule has 0 bridgehead atoms. The van der Waals surface area contributed by atoms with E-state index < -0.39 is 27.6 Å². The maximum absolute atomic E-state index is 12.9. The second-order valence-electron chi connectivity index (χ2n) is 10.3. The van der Waals surface area contributed by atoms with Crippen molar-refractivity contribution in [3.63, 3.8) is 0 Å². The number of nitrogens with one attached hydrogen (secondary N) is 1. The van der Waals surface area contributed by atoms with E-state index in [4.69, 9.17) is 32.7 Å². The zero-order chi connectivity index (χ0) is 23.6. The number of hydrogen-bond donors (Lipinski definition) is 2. The molecule has 2 heterocycles. The lowest BCUT2D eigenvalue weighted by atomic mass is 9.99. The predicted octanol–water partition coefficient (Wildman–Crippen LogP) is 3.65. The third-order valence-corrected chi connectivity index (χ3v) is 8.74. The van der Waals surface area contributed by atoms with Crippen molar-refractivity contribution in [3.8, 4) is 5.75 Å². The molecule has 32 heavy (non-hydrogen) atoms. The normalized spacial score (nSPS) is 30.8. The fourth-order valence-electron chi connectivity index (χ4n) is 4.70. The molecule has 0 spiro atoms. The molecule has 3 fully saturated rings. The van der Waals surface area contributed by atoms with Gasteiger partial charge in [-0.2, -0.15) is 0 Å². The molecule has 1 saturated carbocycles. The van der Waals surface area contributed by atoms with Crippen molar-refractivity contribution < 1.29 is 23.6 Å². The third-order valence-electron chi connectivity index (χ3n) is 6.44. The highest BCUT2D eigenvalue weighted by Crippen LogP contribution is 2.59. The zero-order valence-electron chi connectivity index (χ0n) is 18.9. The van der Waals surface area contributed by atoms with Gasteiger partial charge in [0, 0.05) is 24.7 Å². The van der Waals surface area contributed by atoms with E-state index in [1.54, 1.807) is 19.9 Å². The molecule has 1 aromatic rings.